The second-order valence-corrected chi connectivity index (χ2v) is 8.03. The molecule has 0 aliphatic rings. The van der Waals surface area contributed by atoms with E-state index in [4.69, 9.17) is 37.4 Å². The Bertz CT molecular complexity index is 1380. The monoisotopic (exact) mass is 527 g/mol. The first kappa shape index (κ1) is 26.3. The van der Waals surface area contributed by atoms with Crippen LogP contribution >= 0.6 is 23.2 Å². The fourth-order valence-corrected chi connectivity index (χ4v) is 3.42. The van der Waals surface area contributed by atoms with Gasteiger partial charge in [0.25, 0.3) is 11.6 Å². The van der Waals surface area contributed by atoms with Gasteiger partial charge in [-0.15, -0.1) is 0 Å². The number of benzene rings is 3. The van der Waals surface area contributed by atoms with Crippen LogP contribution in [-0.2, 0) is 11.4 Å². The highest BCUT2D eigenvalue weighted by molar-refractivity contribution is 6.42. The first-order valence-electron chi connectivity index (χ1n) is 10.3. The number of nitro groups is 1. The molecular formula is C25H19Cl2N3O6. The molecule has 3 rings (SSSR count). The van der Waals surface area contributed by atoms with Gasteiger partial charge < -0.3 is 19.5 Å². The number of ether oxygens (including phenoxy) is 3. The Labute approximate surface area is 216 Å². The Balaban J connectivity index is 1.80. The average molecular weight is 528 g/mol. The van der Waals surface area contributed by atoms with E-state index in [2.05, 4.69) is 5.32 Å². The lowest BCUT2D eigenvalue weighted by atomic mass is 10.1. The fourth-order valence-electron chi connectivity index (χ4n) is 3.10. The van der Waals surface area contributed by atoms with Gasteiger partial charge in [0, 0.05) is 12.1 Å². The molecule has 0 saturated carbocycles. The summed E-state index contributed by atoms with van der Waals surface area (Å²) in [5.41, 5.74) is 0.869. The molecule has 0 heterocycles. The van der Waals surface area contributed by atoms with Crippen LogP contribution in [0.5, 0.6) is 17.2 Å². The van der Waals surface area contributed by atoms with E-state index in [0.717, 1.165) is 11.6 Å². The normalized spacial score (nSPS) is 10.8. The molecule has 0 spiro atoms. The van der Waals surface area contributed by atoms with Crippen molar-refractivity contribution in [3.8, 4) is 23.3 Å². The molecule has 0 fully saturated rings. The maximum Gasteiger partial charge on any atom is 0.271 e. The summed E-state index contributed by atoms with van der Waals surface area (Å²) in [7, 11) is 2.82. The van der Waals surface area contributed by atoms with Crippen molar-refractivity contribution in [2.75, 3.05) is 19.5 Å². The Hall–Kier alpha value is -4.26. The summed E-state index contributed by atoms with van der Waals surface area (Å²) in [6.07, 6.45) is 1.35. The van der Waals surface area contributed by atoms with Crippen molar-refractivity contribution >= 4 is 46.6 Å². The van der Waals surface area contributed by atoms with Crippen molar-refractivity contribution < 1.29 is 23.9 Å². The highest BCUT2D eigenvalue weighted by atomic mass is 35.5. The first-order chi connectivity index (χ1) is 17.2. The maximum atomic E-state index is 12.7. The quantitative estimate of drug-likeness (QED) is 0.155. The molecule has 0 saturated heterocycles. The number of hydrogen-bond acceptors (Lipinski definition) is 7. The number of halogens is 2. The van der Waals surface area contributed by atoms with E-state index in [1.54, 1.807) is 36.4 Å². The molecular weight excluding hydrogens is 509 g/mol. The number of nitriles is 1. The van der Waals surface area contributed by atoms with Crippen LogP contribution in [-0.4, -0.2) is 25.1 Å². The molecule has 0 aliphatic heterocycles. The van der Waals surface area contributed by atoms with Crippen LogP contribution in [0.1, 0.15) is 11.1 Å². The highest BCUT2D eigenvalue weighted by Gasteiger charge is 2.17. The van der Waals surface area contributed by atoms with Crippen molar-refractivity contribution in [2.45, 2.75) is 6.61 Å². The lowest BCUT2D eigenvalue weighted by Gasteiger charge is -2.12. The minimum atomic E-state index is -0.768. The van der Waals surface area contributed by atoms with Crippen LogP contribution in [0.25, 0.3) is 6.08 Å². The zero-order chi connectivity index (χ0) is 26.2. The number of nitrogens with one attached hydrogen (secondary N) is 1. The largest absolute Gasteiger partial charge is 0.495 e. The van der Waals surface area contributed by atoms with Crippen molar-refractivity contribution in [1.29, 1.82) is 5.26 Å². The molecule has 1 amide bonds. The summed E-state index contributed by atoms with van der Waals surface area (Å²) in [4.78, 5) is 23.2. The topological polar surface area (TPSA) is 124 Å². The molecule has 36 heavy (non-hydrogen) atoms. The van der Waals surface area contributed by atoms with Gasteiger partial charge in [-0.3, -0.25) is 14.9 Å². The Morgan fingerprint density at radius 3 is 2.39 bits per heavy atom. The van der Waals surface area contributed by atoms with Crippen LogP contribution in [0.3, 0.4) is 0 Å². The van der Waals surface area contributed by atoms with Gasteiger partial charge in [-0.05, 0) is 47.5 Å². The van der Waals surface area contributed by atoms with E-state index in [1.165, 1.54) is 32.4 Å². The summed E-state index contributed by atoms with van der Waals surface area (Å²) in [5.74, 6) is 0.249. The molecule has 0 aromatic heterocycles. The fraction of sp³-hybridized carbons (Fsp3) is 0.120. The van der Waals surface area contributed by atoms with E-state index < -0.39 is 10.8 Å². The second-order valence-electron chi connectivity index (χ2n) is 7.21. The van der Waals surface area contributed by atoms with E-state index in [1.807, 2.05) is 6.07 Å². The summed E-state index contributed by atoms with van der Waals surface area (Å²) < 4.78 is 16.3. The number of non-ortho nitro benzene ring substituents is 1. The van der Waals surface area contributed by atoms with Crippen LogP contribution in [0.15, 0.2) is 60.2 Å². The molecule has 11 heteroatoms. The van der Waals surface area contributed by atoms with Gasteiger partial charge in [0.2, 0.25) is 0 Å². The SMILES string of the molecule is COc1ccc([N+](=O)[O-])cc1NC(=O)/C(C#N)=C/c1ccc(OCc2ccc(Cl)c(Cl)c2)c(OC)c1. The molecule has 184 valence electrons. The Morgan fingerprint density at radius 1 is 1.03 bits per heavy atom. The van der Waals surface area contributed by atoms with Crippen LogP contribution in [0.4, 0.5) is 11.4 Å². The molecule has 3 aromatic carbocycles. The molecule has 9 nitrogen and oxygen atoms in total. The smallest absolute Gasteiger partial charge is 0.271 e. The molecule has 0 aliphatic carbocycles. The molecule has 0 radical (unpaired) electrons. The summed E-state index contributed by atoms with van der Waals surface area (Å²) in [6, 6.07) is 15.6. The summed E-state index contributed by atoms with van der Waals surface area (Å²) >= 11 is 12.0. The third kappa shape index (κ3) is 6.44. The van der Waals surface area contributed by atoms with Crippen molar-refractivity contribution in [2.24, 2.45) is 0 Å². The van der Waals surface area contributed by atoms with Gasteiger partial charge in [0.05, 0.1) is 34.9 Å². The van der Waals surface area contributed by atoms with Crippen molar-refractivity contribution in [1.82, 2.24) is 0 Å². The van der Waals surface area contributed by atoms with Gasteiger partial charge in [-0.25, -0.2) is 0 Å². The molecule has 1 N–H and O–H groups in total. The number of nitro benzene ring substituents is 1. The number of amides is 1. The zero-order valence-corrected chi connectivity index (χ0v) is 20.6. The maximum absolute atomic E-state index is 12.7. The van der Waals surface area contributed by atoms with Crippen LogP contribution in [0, 0.1) is 21.4 Å². The van der Waals surface area contributed by atoms with Gasteiger partial charge in [0.1, 0.15) is 24.0 Å². The first-order valence-corrected chi connectivity index (χ1v) is 11.0. The van der Waals surface area contributed by atoms with Gasteiger partial charge in [0.15, 0.2) is 11.5 Å². The number of carbonyl (C=O) groups is 1. The van der Waals surface area contributed by atoms with Gasteiger partial charge in [-0.1, -0.05) is 35.3 Å². The third-order valence-corrected chi connectivity index (χ3v) is 5.62. The summed E-state index contributed by atoms with van der Waals surface area (Å²) in [6.45, 7) is 0.208. The lowest BCUT2D eigenvalue weighted by molar-refractivity contribution is -0.384. The number of hydrogen-bond donors (Lipinski definition) is 1. The minimum Gasteiger partial charge on any atom is -0.495 e. The standard InChI is InChI=1S/C25H19Cl2N3O6/c1-34-22-8-5-18(30(32)33)12-21(22)29-25(31)17(13-28)9-15-4-7-23(24(11-15)35-2)36-14-16-3-6-19(26)20(27)10-16/h3-12H,14H2,1-2H3,(H,29,31)/b17-9+. The molecule has 0 unspecified atom stereocenters. The Kier molecular flexibility index (Phi) is 8.73. The van der Waals surface area contributed by atoms with Crippen molar-refractivity contribution in [3.05, 3.63) is 91.5 Å². The van der Waals surface area contributed by atoms with Gasteiger partial charge in [-0.2, -0.15) is 5.26 Å². The van der Waals surface area contributed by atoms with Gasteiger partial charge >= 0.3 is 0 Å². The predicted octanol–water partition coefficient (Wildman–Crippen LogP) is 6.04. The van der Waals surface area contributed by atoms with E-state index in [9.17, 15) is 20.2 Å². The number of rotatable bonds is 9. The van der Waals surface area contributed by atoms with Crippen molar-refractivity contribution in [3.63, 3.8) is 0 Å². The predicted molar refractivity (Wildman–Crippen MR) is 136 cm³/mol. The number of carbonyl (C=O) groups excluding carboxylic acids is 1. The van der Waals surface area contributed by atoms with E-state index in [-0.39, 0.29) is 29.3 Å². The van der Waals surface area contributed by atoms with E-state index in [0.29, 0.717) is 27.1 Å². The average Bonchev–Trinajstić information content (AvgIpc) is 2.87. The van der Waals surface area contributed by atoms with E-state index >= 15 is 0 Å². The van der Waals surface area contributed by atoms with Crippen LogP contribution < -0.4 is 19.5 Å². The number of anilines is 1. The lowest BCUT2D eigenvalue weighted by Crippen LogP contribution is -2.14. The zero-order valence-electron chi connectivity index (χ0n) is 19.1. The second kappa shape index (κ2) is 11.9. The Morgan fingerprint density at radius 2 is 1.75 bits per heavy atom. The highest BCUT2D eigenvalue weighted by Crippen LogP contribution is 2.32. The minimum absolute atomic E-state index is 0.0569. The molecule has 0 bridgehead atoms. The number of nitrogens with zero attached hydrogens (tertiary/aromatic N) is 2. The number of methoxy groups -OCH3 is 2. The summed E-state index contributed by atoms with van der Waals surface area (Å²) in [5, 5.41) is 23.9. The third-order valence-electron chi connectivity index (χ3n) is 4.88. The molecule has 3 aromatic rings. The molecule has 0 atom stereocenters. The van der Waals surface area contributed by atoms with Crippen LogP contribution in [0.2, 0.25) is 10.0 Å².